The van der Waals surface area contributed by atoms with Gasteiger partial charge in [0.05, 0.1) is 12.1 Å². The molecule has 182 valence electrons. The van der Waals surface area contributed by atoms with Crippen molar-refractivity contribution in [2.75, 3.05) is 31.6 Å². The first-order valence-corrected chi connectivity index (χ1v) is 11.8. The predicted molar refractivity (Wildman–Crippen MR) is 131 cm³/mol. The second-order valence-electron chi connectivity index (χ2n) is 8.15. The minimum absolute atomic E-state index is 0.0185. The highest BCUT2D eigenvalue weighted by Gasteiger charge is 2.37. The maximum absolute atomic E-state index is 15.9. The number of fused-ring (bicyclic) bond motifs is 2. The molecule has 35 heavy (non-hydrogen) atoms. The Kier molecular flexibility index (Phi) is 6.10. The standard InChI is InChI=1S/C24H19ClF3N3O3S/c1-34-13-8-12-4-2-3-5-14(12)15(9-13)19-17(25)10-16-21(20(19)26)29-35-23(16)31-7-6-30(24(32)33)11-18(31)22(27)28/h2-5,8-10,18,22H,6-7,11H2,1H3,(H,32,33). The molecule has 6 nitrogen and oxygen atoms in total. The summed E-state index contributed by atoms with van der Waals surface area (Å²) in [5.41, 5.74) is 0.691. The van der Waals surface area contributed by atoms with E-state index in [1.165, 1.54) is 18.1 Å². The maximum Gasteiger partial charge on any atom is 0.407 e. The molecule has 1 unspecified atom stereocenters. The van der Waals surface area contributed by atoms with Gasteiger partial charge in [-0.05, 0) is 46.1 Å². The summed E-state index contributed by atoms with van der Waals surface area (Å²) in [7, 11) is 1.52. The highest BCUT2D eigenvalue weighted by Crippen LogP contribution is 2.44. The third-order valence-electron chi connectivity index (χ3n) is 6.23. The van der Waals surface area contributed by atoms with Crippen molar-refractivity contribution in [1.82, 2.24) is 9.27 Å². The van der Waals surface area contributed by atoms with Crippen molar-refractivity contribution >= 4 is 55.9 Å². The molecule has 1 aliphatic rings. The molecule has 1 aliphatic heterocycles. The van der Waals surface area contributed by atoms with Gasteiger partial charge in [-0.3, -0.25) is 0 Å². The van der Waals surface area contributed by atoms with Crippen LogP contribution in [0.2, 0.25) is 5.02 Å². The molecule has 0 radical (unpaired) electrons. The quantitative estimate of drug-likeness (QED) is 0.339. The maximum atomic E-state index is 15.9. The highest BCUT2D eigenvalue weighted by molar-refractivity contribution is 7.11. The Morgan fingerprint density at radius 1 is 1.23 bits per heavy atom. The molecule has 3 aromatic carbocycles. The summed E-state index contributed by atoms with van der Waals surface area (Å²) in [5, 5.41) is 11.6. The average molecular weight is 522 g/mol. The lowest BCUT2D eigenvalue weighted by molar-refractivity contribution is 0.0714. The van der Waals surface area contributed by atoms with Gasteiger partial charge < -0.3 is 19.6 Å². The third-order valence-corrected chi connectivity index (χ3v) is 7.43. The van der Waals surface area contributed by atoms with Crippen molar-refractivity contribution in [2.24, 2.45) is 0 Å². The lowest BCUT2D eigenvalue weighted by atomic mass is 9.96. The van der Waals surface area contributed by atoms with Gasteiger partial charge in [-0.15, -0.1) is 0 Å². The first-order chi connectivity index (χ1) is 16.8. The molecule has 1 N–H and O–H groups in total. The van der Waals surface area contributed by atoms with Crippen LogP contribution < -0.4 is 9.64 Å². The largest absolute Gasteiger partial charge is 0.497 e. The predicted octanol–water partition coefficient (Wildman–Crippen LogP) is 6.35. The van der Waals surface area contributed by atoms with E-state index in [0.29, 0.717) is 21.7 Å². The van der Waals surface area contributed by atoms with E-state index in [9.17, 15) is 18.7 Å². The molecule has 4 aromatic rings. The van der Waals surface area contributed by atoms with E-state index in [2.05, 4.69) is 4.37 Å². The molecule has 0 spiro atoms. The zero-order valence-corrected chi connectivity index (χ0v) is 19.9. The van der Waals surface area contributed by atoms with Gasteiger partial charge >= 0.3 is 6.09 Å². The molecule has 1 atom stereocenters. The summed E-state index contributed by atoms with van der Waals surface area (Å²) in [5.74, 6) is -0.129. The first-order valence-electron chi connectivity index (χ1n) is 10.7. The van der Waals surface area contributed by atoms with E-state index < -0.39 is 24.4 Å². The summed E-state index contributed by atoms with van der Waals surface area (Å²) >= 11 is 7.51. The van der Waals surface area contributed by atoms with Crippen molar-refractivity contribution in [3.8, 4) is 16.9 Å². The van der Waals surface area contributed by atoms with Crippen LogP contribution in [0, 0.1) is 5.82 Å². The van der Waals surface area contributed by atoms with Crippen LogP contribution in [0.3, 0.4) is 0 Å². The van der Waals surface area contributed by atoms with Gasteiger partial charge in [-0.2, -0.15) is 4.37 Å². The van der Waals surface area contributed by atoms with Gasteiger partial charge in [0.15, 0.2) is 5.82 Å². The second-order valence-corrected chi connectivity index (χ2v) is 9.31. The van der Waals surface area contributed by atoms with E-state index in [1.807, 2.05) is 30.3 Å². The number of hydrogen-bond acceptors (Lipinski definition) is 5. The Labute approximate surface area is 207 Å². The Morgan fingerprint density at radius 3 is 2.71 bits per heavy atom. The second kappa shape index (κ2) is 9.09. The fourth-order valence-electron chi connectivity index (χ4n) is 4.51. The summed E-state index contributed by atoms with van der Waals surface area (Å²) in [6.45, 7) is -0.293. The lowest BCUT2D eigenvalue weighted by Gasteiger charge is -2.40. The molecule has 5 rings (SSSR count). The van der Waals surface area contributed by atoms with E-state index >= 15 is 4.39 Å². The molecule has 1 saturated heterocycles. The van der Waals surface area contributed by atoms with Crippen LogP contribution in [-0.4, -0.2) is 59.7 Å². The molecule has 0 saturated carbocycles. The Bertz CT molecular complexity index is 1450. The van der Waals surface area contributed by atoms with Gasteiger partial charge in [0, 0.05) is 30.6 Å². The lowest BCUT2D eigenvalue weighted by Crippen LogP contribution is -2.57. The number of rotatable bonds is 4. The molecule has 2 heterocycles. The van der Waals surface area contributed by atoms with Crippen molar-refractivity contribution in [3.05, 3.63) is 53.3 Å². The zero-order valence-electron chi connectivity index (χ0n) is 18.3. The number of hydrogen-bond donors (Lipinski definition) is 1. The van der Waals surface area contributed by atoms with E-state index in [0.717, 1.165) is 27.2 Å². The minimum Gasteiger partial charge on any atom is -0.497 e. The van der Waals surface area contributed by atoms with Gasteiger partial charge in [-0.25, -0.2) is 18.0 Å². The Balaban J connectivity index is 1.65. The molecular weight excluding hydrogens is 503 g/mol. The van der Waals surface area contributed by atoms with Gasteiger partial charge in [0.25, 0.3) is 6.43 Å². The highest BCUT2D eigenvalue weighted by atomic mass is 35.5. The fourth-order valence-corrected chi connectivity index (χ4v) is 5.75. The summed E-state index contributed by atoms with van der Waals surface area (Å²) in [6, 6.07) is 11.1. The number of piperazine rings is 1. The topological polar surface area (TPSA) is 65.9 Å². The number of carbonyl (C=O) groups is 1. The normalized spacial score (nSPS) is 16.5. The van der Waals surface area contributed by atoms with Gasteiger partial charge in [0.1, 0.15) is 22.3 Å². The van der Waals surface area contributed by atoms with E-state index in [1.54, 1.807) is 6.07 Å². The fraction of sp³-hybridized carbons (Fsp3) is 0.250. The van der Waals surface area contributed by atoms with Crippen LogP contribution in [0.1, 0.15) is 0 Å². The van der Waals surface area contributed by atoms with Crippen LogP contribution in [-0.2, 0) is 0 Å². The Hall–Kier alpha value is -3.24. The monoisotopic (exact) mass is 521 g/mol. The van der Waals surface area contributed by atoms with Crippen molar-refractivity contribution in [2.45, 2.75) is 12.5 Å². The van der Waals surface area contributed by atoms with Crippen LogP contribution in [0.25, 0.3) is 32.8 Å². The molecule has 1 fully saturated rings. The number of halogens is 4. The number of nitrogens with zero attached hydrogens (tertiary/aromatic N) is 3. The zero-order chi connectivity index (χ0) is 24.9. The van der Waals surface area contributed by atoms with Crippen LogP contribution in [0.15, 0.2) is 42.5 Å². The van der Waals surface area contributed by atoms with Crippen LogP contribution in [0.4, 0.5) is 23.0 Å². The molecule has 0 bridgehead atoms. The molecule has 11 heteroatoms. The summed E-state index contributed by atoms with van der Waals surface area (Å²) in [4.78, 5) is 13.7. The SMILES string of the molecule is COc1cc(-c2c(Cl)cc3c(N4CCN(C(=O)O)CC4C(F)F)snc3c2F)c2ccccc2c1. The smallest absolute Gasteiger partial charge is 0.407 e. The number of benzene rings is 3. The number of carboxylic acid groups (broad SMARTS) is 1. The summed E-state index contributed by atoms with van der Waals surface area (Å²) < 4.78 is 53.3. The number of aromatic nitrogens is 1. The van der Waals surface area contributed by atoms with E-state index in [4.69, 9.17) is 16.3 Å². The van der Waals surface area contributed by atoms with Crippen LogP contribution in [0.5, 0.6) is 5.75 Å². The molecule has 1 aromatic heterocycles. The first kappa shape index (κ1) is 23.5. The third kappa shape index (κ3) is 4.00. The number of anilines is 1. The van der Waals surface area contributed by atoms with Crippen LogP contribution >= 0.6 is 23.1 Å². The number of methoxy groups -OCH3 is 1. The van der Waals surface area contributed by atoms with Gasteiger partial charge in [-0.1, -0.05) is 35.9 Å². The molecule has 1 amide bonds. The van der Waals surface area contributed by atoms with Crippen molar-refractivity contribution in [3.63, 3.8) is 0 Å². The number of alkyl halides is 2. The van der Waals surface area contributed by atoms with Crippen molar-refractivity contribution in [1.29, 1.82) is 0 Å². The minimum atomic E-state index is -2.81. The van der Waals surface area contributed by atoms with E-state index in [-0.39, 0.29) is 35.7 Å². The Morgan fingerprint density at radius 2 is 2.00 bits per heavy atom. The number of ether oxygens (including phenoxy) is 1. The molecule has 0 aliphatic carbocycles. The number of amides is 1. The molecular formula is C24H19ClF3N3O3S. The van der Waals surface area contributed by atoms with Crippen molar-refractivity contribution < 1.29 is 27.8 Å². The summed E-state index contributed by atoms with van der Waals surface area (Å²) in [6.07, 6.45) is -4.06. The average Bonchev–Trinajstić information content (AvgIpc) is 3.27. The van der Waals surface area contributed by atoms with Gasteiger partial charge in [0.2, 0.25) is 0 Å².